The fourth-order valence-electron chi connectivity index (χ4n) is 9.51. The second kappa shape index (κ2) is 16.0. The zero-order valence-corrected chi connectivity index (χ0v) is 34.1. The number of carbonyl (C=O) groups is 1. The summed E-state index contributed by atoms with van der Waals surface area (Å²) in [5.74, 6) is 1.88. The van der Waals surface area contributed by atoms with Gasteiger partial charge in [0.25, 0.3) is 0 Å². The Kier molecular flexibility index (Phi) is 11.0. The summed E-state index contributed by atoms with van der Waals surface area (Å²) >= 11 is 0. The number of carbonyl (C=O) groups excluding carboxylic acids is 1. The van der Waals surface area contributed by atoms with Crippen LogP contribution in [0.2, 0.25) is 0 Å². The fourth-order valence-corrected chi connectivity index (χ4v) is 9.51. The Morgan fingerprint density at radius 3 is 2.11 bits per heavy atom. The van der Waals surface area contributed by atoms with Gasteiger partial charge in [-0.25, -0.2) is 14.8 Å². The molecule has 304 valence electrons. The van der Waals surface area contributed by atoms with E-state index in [4.69, 9.17) is 20.4 Å². The predicted octanol–water partition coefficient (Wildman–Crippen LogP) is 6.87. The summed E-state index contributed by atoms with van der Waals surface area (Å²) in [5, 5.41) is 26.6. The number of nitrogens with two attached hydrogens (primary N) is 1. The SMILES string of the molecule is CCC1Cc2cc(-c3cnc(C4CCCN4C(O)C(NC(=O)OC)C(C)C)[nH]3)ccc2-c2cc3cc(-c4cnc(C5CCCN5C(O)C(N)C(C)C)[nH]4)ccc3n21. The van der Waals surface area contributed by atoms with E-state index in [0.29, 0.717) is 12.6 Å². The molecule has 6 heterocycles. The maximum absolute atomic E-state index is 12.1. The van der Waals surface area contributed by atoms with Crippen LogP contribution in [0.1, 0.15) is 102 Å². The fraction of sp³-hybridized carbons (Fsp3) is 0.523. The third-order valence-corrected chi connectivity index (χ3v) is 12.8. The van der Waals surface area contributed by atoms with Crippen LogP contribution in [0.4, 0.5) is 4.79 Å². The monoisotopic (exact) mass is 777 g/mol. The summed E-state index contributed by atoms with van der Waals surface area (Å²) in [7, 11) is 1.34. The van der Waals surface area contributed by atoms with Gasteiger partial charge in [-0.05, 0) is 85.8 Å². The number of rotatable bonds is 12. The van der Waals surface area contributed by atoms with Crippen molar-refractivity contribution < 1.29 is 19.7 Å². The molecule has 0 saturated carbocycles. The number of benzene rings is 2. The maximum atomic E-state index is 12.1. The number of fused-ring (bicyclic) bond motifs is 5. The molecular weight excluding hydrogens is 719 g/mol. The van der Waals surface area contributed by atoms with Gasteiger partial charge in [0.15, 0.2) is 0 Å². The summed E-state index contributed by atoms with van der Waals surface area (Å²) in [6.07, 6.45) is 7.34. The Labute approximate surface area is 335 Å². The Hall–Kier alpha value is -4.53. The molecule has 3 aliphatic rings. The molecular formula is C44H59N9O4. The van der Waals surface area contributed by atoms with E-state index >= 15 is 0 Å². The van der Waals surface area contributed by atoms with Crippen LogP contribution in [0.15, 0.2) is 54.9 Å². The van der Waals surface area contributed by atoms with Crippen LogP contribution >= 0.6 is 0 Å². The van der Waals surface area contributed by atoms with Gasteiger partial charge in [-0.3, -0.25) is 9.80 Å². The van der Waals surface area contributed by atoms with E-state index in [1.165, 1.54) is 34.8 Å². The lowest BCUT2D eigenvalue weighted by atomic mass is 9.90. The molecule has 57 heavy (non-hydrogen) atoms. The van der Waals surface area contributed by atoms with Gasteiger partial charge in [0.05, 0.1) is 49.0 Å². The second-order valence-electron chi connectivity index (χ2n) is 17.0. The summed E-state index contributed by atoms with van der Waals surface area (Å²) in [6.45, 7) is 11.8. The molecule has 7 N–H and O–H groups in total. The van der Waals surface area contributed by atoms with E-state index in [2.05, 4.69) is 74.1 Å². The molecule has 2 aromatic carbocycles. The highest BCUT2D eigenvalue weighted by Crippen LogP contribution is 2.43. The predicted molar refractivity (Wildman–Crippen MR) is 222 cm³/mol. The number of nitrogens with one attached hydrogen (secondary N) is 3. The summed E-state index contributed by atoms with van der Waals surface area (Å²) in [4.78, 5) is 33.1. The maximum Gasteiger partial charge on any atom is 0.407 e. The third-order valence-electron chi connectivity index (χ3n) is 12.8. The Morgan fingerprint density at radius 2 is 1.51 bits per heavy atom. The number of H-pyrrole nitrogens is 2. The minimum atomic E-state index is -0.878. The molecule has 0 aliphatic carbocycles. The van der Waals surface area contributed by atoms with Crippen LogP contribution in [0, 0.1) is 11.8 Å². The minimum Gasteiger partial charge on any atom is -0.453 e. The zero-order valence-electron chi connectivity index (χ0n) is 34.1. The van der Waals surface area contributed by atoms with Crippen molar-refractivity contribution in [3.8, 4) is 33.8 Å². The lowest BCUT2D eigenvalue weighted by Crippen LogP contribution is -2.54. The number of likely N-dealkylation sites (tertiary alicyclic amines) is 2. The first-order chi connectivity index (χ1) is 27.5. The van der Waals surface area contributed by atoms with Gasteiger partial charge >= 0.3 is 6.09 Å². The number of aromatic amines is 2. The molecule has 3 aromatic heterocycles. The Balaban J connectivity index is 1.04. The van der Waals surface area contributed by atoms with Gasteiger partial charge in [-0.2, -0.15) is 0 Å². The first-order valence-corrected chi connectivity index (χ1v) is 20.8. The lowest BCUT2D eigenvalue weighted by molar-refractivity contribution is -0.0440. The second-order valence-corrected chi connectivity index (χ2v) is 17.0. The number of aromatic nitrogens is 5. The third kappa shape index (κ3) is 7.29. The van der Waals surface area contributed by atoms with Crippen LogP contribution in [0.25, 0.3) is 44.7 Å². The summed E-state index contributed by atoms with van der Waals surface area (Å²) in [6, 6.07) is 15.2. The lowest BCUT2D eigenvalue weighted by Gasteiger charge is -2.35. The molecule has 7 atom stereocenters. The minimum absolute atomic E-state index is 0.00451. The first-order valence-electron chi connectivity index (χ1n) is 20.8. The normalized spacial score (nSPS) is 22.2. The van der Waals surface area contributed by atoms with Crippen LogP contribution in [-0.4, -0.2) is 95.3 Å². The van der Waals surface area contributed by atoms with Gasteiger partial charge in [0.2, 0.25) is 0 Å². The highest BCUT2D eigenvalue weighted by atomic mass is 16.5. The highest BCUT2D eigenvalue weighted by Gasteiger charge is 2.39. The molecule has 0 bridgehead atoms. The summed E-state index contributed by atoms with van der Waals surface area (Å²) < 4.78 is 7.35. The number of methoxy groups -OCH3 is 1. The van der Waals surface area contributed by atoms with Crippen molar-refractivity contribution in [3.05, 3.63) is 72.1 Å². The molecule has 3 aliphatic heterocycles. The quantitative estimate of drug-likeness (QED) is 0.0791. The zero-order chi connectivity index (χ0) is 40.1. The highest BCUT2D eigenvalue weighted by molar-refractivity contribution is 5.92. The number of hydrogen-bond acceptors (Lipinski definition) is 9. The van der Waals surface area contributed by atoms with E-state index in [-0.39, 0.29) is 30.0 Å². The van der Waals surface area contributed by atoms with Crippen molar-refractivity contribution >= 4 is 17.0 Å². The van der Waals surface area contributed by atoms with Crippen LogP contribution < -0.4 is 11.1 Å². The molecule has 7 unspecified atom stereocenters. The molecule has 5 aromatic rings. The number of hydrogen-bond donors (Lipinski definition) is 6. The van der Waals surface area contributed by atoms with E-state index in [0.717, 1.165) is 79.2 Å². The Morgan fingerprint density at radius 1 is 0.895 bits per heavy atom. The molecule has 2 fully saturated rings. The van der Waals surface area contributed by atoms with Crippen molar-refractivity contribution in [2.75, 3.05) is 20.2 Å². The van der Waals surface area contributed by atoms with E-state index < -0.39 is 24.6 Å². The molecule has 2 saturated heterocycles. The molecule has 13 nitrogen and oxygen atoms in total. The van der Waals surface area contributed by atoms with Crippen LogP contribution in [-0.2, 0) is 11.2 Å². The van der Waals surface area contributed by atoms with Crippen molar-refractivity contribution in [3.63, 3.8) is 0 Å². The van der Waals surface area contributed by atoms with E-state index in [1.807, 2.05) is 45.0 Å². The standard InChI is InChI=1S/C44H59N9O4/c1-7-30-20-28-18-26(32-22-47-41(48-32)36-11-9-17-52(36)43(55)39(25(4)5)50-44(56)57-6)12-14-31(28)37-21-29-19-27(13-15-34(29)53(30)37)33-23-46-40(49-33)35-10-8-16-51(35)42(54)38(45)24(2)3/h12-15,18-19,21-25,30,35-36,38-39,42-43,54-55H,7-11,16-17,20,45H2,1-6H3,(H,46,49)(H,47,48)(H,50,56). The van der Waals surface area contributed by atoms with Crippen molar-refractivity contribution in [2.24, 2.45) is 17.6 Å². The topological polar surface area (TPSA) is 174 Å². The Bertz CT molecular complexity index is 2210. The average Bonchev–Trinajstić information content (AvgIpc) is 4.06. The number of ether oxygens (including phenoxy) is 1. The van der Waals surface area contributed by atoms with Gasteiger partial charge in [-0.15, -0.1) is 0 Å². The summed E-state index contributed by atoms with van der Waals surface area (Å²) in [5.41, 5.74) is 15.5. The van der Waals surface area contributed by atoms with Gasteiger partial charge < -0.3 is 40.5 Å². The molecule has 8 rings (SSSR count). The molecule has 0 spiro atoms. The van der Waals surface area contributed by atoms with E-state index in [1.54, 1.807) is 0 Å². The van der Waals surface area contributed by atoms with Gasteiger partial charge in [-0.1, -0.05) is 52.8 Å². The number of nitrogens with zero attached hydrogens (tertiary/aromatic N) is 5. The van der Waals surface area contributed by atoms with E-state index in [9.17, 15) is 15.0 Å². The number of aliphatic hydroxyl groups excluding tert-OH is 2. The first kappa shape index (κ1) is 39.3. The van der Waals surface area contributed by atoms with Gasteiger partial charge in [0.1, 0.15) is 24.1 Å². The number of alkyl carbamates (subject to hydrolysis) is 1. The van der Waals surface area contributed by atoms with Crippen molar-refractivity contribution in [1.29, 1.82) is 0 Å². The average molecular weight is 778 g/mol. The number of amides is 1. The number of imidazole rings is 2. The van der Waals surface area contributed by atoms with Crippen LogP contribution in [0.3, 0.4) is 0 Å². The van der Waals surface area contributed by atoms with Crippen molar-refractivity contribution in [2.45, 2.75) is 116 Å². The smallest absolute Gasteiger partial charge is 0.407 e. The largest absolute Gasteiger partial charge is 0.453 e. The molecule has 1 amide bonds. The molecule has 13 heteroatoms. The number of aliphatic hydroxyl groups is 2. The molecule has 0 radical (unpaired) electrons. The van der Waals surface area contributed by atoms with Crippen LogP contribution in [0.5, 0.6) is 0 Å². The van der Waals surface area contributed by atoms with Crippen molar-refractivity contribution in [1.82, 2.24) is 39.6 Å². The van der Waals surface area contributed by atoms with Gasteiger partial charge in [0, 0.05) is 52.9 Å².